The largest absolute Gasteiger partial charge is 0.389 e. The van der Waals surface area contributed by atoms with Crippen LogP contribution in [0.4, 0.5) is 11.4 Å². The molecule has 3 N–H and O–H groups in total. The van der Waals surface area contributed by atoms with Gasteiger partial charge in [0, 0.05) is 69.4 Å². The molecule has 2 saturated heterocycles. The lowest BCUT2D eigenvalue weighted by Gasteiger charge is -2.38. The molecule has 0 bridgehead atoms. The van der Waals surface area contributed by atoms with Crippen molar-refractivity contribution in [3.05, 3.63) is 70.9 Å². The minimum atomic E-state index is 0.177. The van der Waals surface area contributed by atoms with Crippen molar-refractivity contribution in [1.29, 1.82) is 5.26 Å². The Labute approximate surface area is 209 Å². The highest BCUT2D eigenvalue weighted by molar-refractivity contribution is 7.80. The Morgan fingerprint density at radius 1 is 0.824 bits per heavy atom. The Kier molecular flexibility index (Phi) is 9.32. The lowest BCUT2D eigenvalue weighted by Crippen LogP contribution is -2.46. The third-order valence-electron chi connectivity index (χ3n) is 6.39. The number of nitrogens with two attached hydrogens (primary N) is 1. The molecular weight excluding hydrogens is 440 g/mol. The summed E-state index contributed by atoms with van der Waals surface area (Å²) in [6.07, 6.45) is 0. The van der Waals surface area contributed by atoms with Crippen molar-refractivity contribution in [2.45, 2.75) is 20.8 Å². The predicted octanol–water partition coefficient (Wildman–Crippen LogP) is 3.61. The van der Waals surface area contributed by atoms with Crippen LogP contribution in [-0.2, 0) is 0 Å². The van der Waals surface area contributed by atoms with Crippen LogP contribution in [0.5, 0.6) is 0 Å². The van der Waals surface area contributed by atoms with Crippen LogP contribution in [0.1, 0.15) is 18.1 Å². The molecule has 0 aromatic heterocycles. The van der Waals surface area contributed by atoms with Crippen LogP contribution in [0, 0.1) is 25.2 Å². The molecule has 0 radical (unpaired) electrons. The third-order valence-corrected chi connectivity index (χ3v) is 6.59. The Balaban J connectivity index is 0.000000212. The van der Waals surface area contributed by atoms with Gasteiger partial charge in [-0.25, -0.2) is 0 Å². The topological polar surface area (TPSA) is 71.6 Å². The molecule has 2 aromatic carbocycles. The first kappa shape index (κ1) is 25.5. The molecule has 0 amide bonds. The van der Waals surface area contributed by atoms with Crippen molar-refractivity contribution in [3.8, 4) is 6.07 Å². The van der Waals surface area contributed by atoms with E-state index >= 15 is 0 Å². The maximum absolute atomic E-state index is 9.14. The molecule has 34 heavy (non-hydrogen) atoms. The molecule has 7 heteroatoms. The summed E-state index contributed by atoms with van der Waals surface area (Å²) in [4.78, 5) is 7.14. The first-order valence-electron chi connectivity index (χ1n) is 11.9. The standard InChI is InChI=1S/C16H20N4S.C11H16N2/c1-12-3-5-14(6-4-12)20-9-7-19(8-10-20)13(2)15(11-17)16(18)21;1-10-2-4-11(5-3-10)13-8-6-12-7-9-13/h3-6H,7-10H2,1-2H3,(H2,18,21);2-5,12H,6-9H2,1H3/b15-13-;. The number of rotatable bonds is 4. The van der Waals surface area contributed by atoms with Gasteiger partial charge in [0.1, 0.15) is 16.6 Å². The molecule has 0 atom stereocenters. The van der Waals surface area contributed by atoms with Crippen LogP contribution < -0.4 is 20.9 Å². The zero-order valence-electron chi connectivity index (χ0n) is 20.6. The van der Waals surface area contributed by atoms with Gasteiger partial charge in [0.25, 0.3) is 0 Å². The highest BCUT2D eigenvalue weighted by Crippen LogP contribution is 2.20. The summed E-state index contributed by atoms with van der Waals surface area (Å²) in [6.45, 7) is 14.2. The average molecular weight is 477 g/mol. The van der Waals surface area contributed by atoms with E-state index in [9.17, 15) is 0 Å². The number of nitrogens with one attached hydrogen (secondary N) is 1. The lowest BCUT2D eigenvalue weighted by atomic mass is 10.1. The highest BCUT2D eigenvalue weighted by Gasteiger charge is 2.20. The second-order valence-corrected chi connectivity index (χ2v) is 9.26. The van der Waals surface area contributed by atoms with Gasteiger partial charge in [-0.05, 0) is 45.0 Å². The minimum absolute atomic E-state index is 0.177. The summed E-state index contributed by atoms with van der Waals surface area (Å²) in [5, 5.41) is 12.5. The zero-order valence-corrected chi connectivity index (χ0v) is 21.4. The van der Waals surface area contributed by atoms with Crippen molar-refractivity contribution >= 4 is 28.6 Å². The van der Waals surface area contributed by atoms with Gasteiger partial charge in [-0.3, -0.25) is 0 Å². The summed E-state index contributed by atoms with van der Waals surface area (Å²) in [5.74, 6) is 0. The number of piperazine rings is 2. The van der Waals surface area contributed by atoms with Crippen molar-refractivity contribution in [3.63, 3.8) is 0 Å². The molecule has 0 unspecified atom stereocenters. The number of benzene rings is 2. The maximum atomic E-state index is 9.14. The van der Waals surface area contributed by atoms with Crippen LogP contribution in [-0.4, -0.2) is 62.2 Å². The van der Waals surface area contributed by atoms with Crippen molar-refractivity contribution < 1.29 is 0 Å². The van der Waals surface area contributed by atoms with Gasteiger partial charge >= 0.3 is 0 Å². The maximum Gasteiger partial charge on any atom is 0.116 e. The molecule has 2 heterocycles. The number of hydrogen-bond acceptors (Lipinski definition) is 6. The number of nitrogens with zero attached hydrogens (tertiary/aromatic N) is 4. The van der Waals surface area contributed by atoms with Crippen molar-refractivity contribution in [2.75, 3.05) is 62.2 Å². The summed E-state index contributed by atoms with van der Waals surface area (Å²) in [7, 11) is 0. The molecule has 4 rings (SSSR count). The molecule has 2 aromatic rings. The molecular formula is C27H36N6S. The van der Waals surface area contributed by atoms with Gasteiger partial charge < -0.3 is 25.8 Å². The Hall–Kier alpha value is -3.08. The third kappa shape index (κ3) is 6.96. The van der Waals surface area contributed by atoms with E-state index in [0.29, 0.717) is 5.57 Å². The highest BCUT2D eigenvalue weighted by atomic mass is 32.1. The SMILES string of the molecule is C/C(=C(\C#N)C(N)=S)N1CCN(c2ccc(C)cc2)CC1.Cc1ccc(N2CCNCC2)cc1. The second kappa shape index (κ2) is 12.4. The molecule has 2 aliphatic heterocycles. The number of aryl methyl sites for hydroxylation is 2. The number of nitriles is 1. The molecule has 0 spiro atoms. The van der Waals surface area contributed by atoms with E-state index < -0.39 is 0 Å². The Bertz CT molecular complexity index is 1010. The summed E-state index contributed by atoms with van der Waals surface area (Å²) in [5.41, 5.74) is 12.1. The quantitative estimate of drug-likeness (QED) is 0.397. The van der Waals surface area contributed by atoms with Gasteiger partial charge in [0.2, 0.25) is 0 Å². The number of hydrogen-bond donors (Lipinski definition) is 2. The van der Waals surface area contributed by atoms with E-state index in [-0.39, 0.29) is 4.99 Å². The van der Waals surface area contributed by atoms with Crippen LogP contribution in [0.2, 0.25) is 0 Å². The van der Waals surface area contributed by atoms with Gasteiger partial charge in [-0.2, -0.15) is 5.26 Å². The first-order valence-corrected chi connectivity index (χ1v) is 12.3. The molecule has 2 aliphatic rings. The molecule has 180 valence electrons. The summed E-state index contributed by atoms with van der Waals surface area (Å²) in [6, 6.07) is 19.5. The number of anilines is 2. The monoisotopic (exact) mass is 476 g/mol. The normalized spacial score (nSPS) is 16.7. The van der Waals surface area contributed by atoms with Gasteiger partial charge in [0.05, 0.1) is 0 Å². The Morgan fingerprint density at radius 2 is 1.26 bits per heavy atom. The number of thiocarbonyl (C=S) groups is 1. The van der Waals surface area contributed by atoms with Crippen LogP contribution in [0.15, 0.2) is 59.8 Å². The van der Waals surface area contributed by atoms with Crippen LogP contribution in [0.25, 0.3) is 0 Å². The van der Waals surface area contributed by atoms with E-state index in [1.54, 1.807) is 0 Å². The van der Waals surface area contributed by atoms with Gasteiger partial charge in [-0.1, -0.05) is 47.6 Å². The fourth-order valence-corrected chi connectivity index (χ4v) is 4.40. The van der Waals surface area contributed by atoms with Gasteiger partial charge in [0.15, 0.2) is 0 Å². The second-order valence-electron chi connectivity index (χ2n) is 8.82. The Morgan fingerprint density at radius 3 is 1.68 bits per heavy atom. The minimum Gasteiger partial charge on any atom is -0.389 e. The fraction of sp³-hybridized carbons (Fsp3) is 0.407. The van der Waals surface area contributed by atoms with E-state index in [1.165, 1.54) is 22.5 Å². The fourth-order valence-electron chi connectivity index (χ4n) is 4.21. The van der Waals surface area contributed by atoms with Crippen LogP contribution >= 0.6 is 12.2 Å². The first-order chi connectivity index (χ1) is 16.4. The van der Waals surface area contributed by atoms with Crippen molar-refractivity contribution in [2.24, 2.45) is 5.73 Å². The predicted molar refractivity (Wildman–Crippen MR) is 146 cm³/mol. The molecule has 6 nitrogen and oxygen atoms in total. The summed E-state index contributed by atoms with van der Waals surface area (Å²) < 4.78 is 0. The average Bonchev–Trinajstić information content (AvgIpc) is 2.86. The van der Waals surface area contributed by atoms with E-state index in [0.717, 1.165) is 58.1 Å². The molecule has 2 fully saturated rings. The van der Waals surface area contributed by atoms with E-state index in [1.807, 2.05) is 6.92 Å². The van der Waals surface area contributed by atoms with Crippen LogP contribution in [0.3, 0.4) is 0 Å². The number of allylic oxidation sites excluding steroid dienone is 1. The zero-order chi connectivity index (χ0) is 24.5. The summed E-state index contributed by atoms with van der Waals surface area (Å²) >= 11 is 4.93. The van der Waals surface area contributed by atoms with E-state index in [2.05, 4.69) is 88.5 Å². The lowest BCUT2D eigenvalue weighted by molar-refractivity contribution is 0.321. The van der Waals surface area contributed by atoms with Gasteiger partial charge in [-0.15, -0.1) is 0 Å². The van der Waals surface area contributed by atoms with E-state index in [4.69, 9.17) is 23.2 Å². The molecule has 0 aliphatic carbocycles. The molecule has 0 saturated carbocycles. The van der Waals surface area contributed by atoms with Crippen molar-refractivity contribution in [1.82, 2.24) is 10.2 Å². The smallest absolute Gasteiger partial charge is 0.116 e.